The Labute approximate surface area is 109 Å². The summed E-state index contributed by atoms with van der Waals surface area (Å²) in [6.07, 6.45) is 0. The molecule has 1 aromatic rings. The average Bonchev–Trinajstić information content (AvgIpc) is 2.74. The van der Waals surface area contributed by atoms with Gasteiger partial charge in [0.15, 0.2) is 0 Å². The van der Waals surface area contributed by atoms with Crippen molar-refractivity contribution in [2.24, 2.45) is 22.6 Å². The number of rotatable bonds is 3. The summed E-state index contributed by atoms with van der Waals surface area (Å²) in [5.74, 6) is 1.80. The number of hydrogen-bond acceptors (Lipinski definition) is 2. The maximum Gasteiger partial charge on any atom is 0.0988 e. The molecular formula is C13H20ClN3. The fourth-order valence-corrected chi connectivity index (χ4v) is 2.09. The van der Waals surface area contributed by atoms with E-state index < -0.39 is 0 Å². The molecule has 0 radical (unpaired) electrons. The van der Waals surface area contributed by atoms with Gasteiger partial charge in [-0.05, 0) is 18.0 Å². The second-order valence-corrected chi connectivity index (χ2v) is 4.47. The Morgan fingerprint density at radius 3 is 2.65 bits per heavy atom. The van der Waals surface area contributed by atoms with Crippen LogP contribution in [0.5, 0.6) is 0 Å². The summed E-state index contributed by atoms with van der Waals surface area (Å²) in [7, 11) is 0. The van der Waals surface area contributed by atoms with Gasteiger partial charge in [0.2, 0.25) is 0 Å². The summed E-state index contributed by atoms with van der Waals surface area (Å²) in [6.45, 7) is 4.92. The highest BCUT2D eigenvalue weighted by Crippen LogP contribution is 2.16. The zero-order valence-corrected chi connectivity index (χ0v) is 10.9. The van der Waals surface area contributed by atoms with Gasteiger partial charge in [0, 0.05) is 12.5 Å². The van der Waals surface area contributed by atoms with Crippen molar-refractivity contribution in [1.29, 1.82) is 0 Å². The van der Waals surface area contributed by atoms with Gasteiger partial charge in [0.05, 0.1) is 12.4 Å². The van der Waals surface area contributed by atoms with E-state index in [1.165, 1.54) is 5.56 Å². The highest BCUT2D eigenvalue weighted by molar-refractivity contribution is 5.85. The van der Waals surface area contributed by atoms with Gasteiger partial charge in [0.1, 0.15) is 0 Å². The quantitative estimate of drug-likeness (QED) is 0.638. The molecule has 1 aliphatic heterocycles. The van der Waals surface area contributed by atoms with Crippen molar-refractivity contribution >= 4 is 18.2 Å². The highest BCUT2D eigenvalue weighted by Gasteiger charge is 2.25. The molecule has 0 unspecified atom stereocenters. The molecule has 3 nitrogen and oxygen atoms in total. The van der Waals surface area contributed by atoms with Crippen LogP contribution in [0, 0.1) is 11.8 Å². The van der Waals surface area contributed by atoms with Crippen LogP contribution in [-0.2, 0) is 6.54 Å². The summed E-state index contributed by atoms with van der Waals surface area (Å²) in [6, 6.07) is 10.2. The van der Waals surface area contributed by atoms with Gasteiger partial charge in [-0.2, -0.15) is 0 Å². The van der Waals surface area contributed by atoms with Crippen molar-refractivity contribution in [1.82, 2.24) is 5.32 Å². The van der Waals surface area contributed by atoms with Crippen LogP contribution in [0.15, 0.2) is 35.3 Å². The second kappa shape index (κ2) is 6.62. The second-order valence-electron chi connectivity index (χ2n) is 4.47. The largest absolute Gasteiger partial charge is 0.387 e. The number of amidine groups is 1. The Bertz CT molecular complexity index is 364. The molecule has 17 heavy (non-hydrogen) atoms. The predicted octanol–water partition coefficient (Wildman–Crippen LogP) is 1.82. The molecule has 1 aliphatic rings. The smallest absolute Gasteiger partial charge is 0.0988 e. The summed E-state index contributed by atoms with van der Waals surface area (Å²) in [5.41, 5.74) is 7.24. The van der Waals surface area contributed by atoms with Crippen LogP contribution in [0.3, 0.4) is 0 Å². The Balaban J connectivity index is 0.00000144. The Hall–Kier alpha value is -1.06. The molecule has 1 heterocycles. The van der Waals surface area contributed by atoms with Crippen LogP contribution in [0.25, 0.3) is 0 Å². The van der Waals surface area contributed by atoms with Crippen LogP contribution in [0.4, 0.5) is 0 Å². The molecule has 4 heteroatoms. The van der Waals surface area contributed by atoms with Gasteiger partial charge in [0.25, 0.3) is 0 Å². The Morgan fingerprint density at radius 2 is 2.06 bits per heavy atom. The zero-order chi connectivity index (χ0) is 11.4. The monoisotopic (exact) mass is 253 g/mol. The maximum absolute atomic E-state index is 6.03. The van der Waals surface area contributed by atoms with Gasteiger partial charge in [-0.1, -0.05) is 37.3 Å². The summed E-state index contributed by atoms with van der Waals surface area (Å²) in [5, 5.41) is 3.34. The van der Waals surface area contributed by atoms with E-state index in [2.05, 4.69) is 29.4 Å². The third-order valence-corrected chi connectivity index (χ3v) is 3.18. The molecule has 1 fully saturated rings. The van der Waals surface area contributed by atoms with Crippen molar-refractivity contribution in [3.63, 3.8) is 0 Å². The van der Waals surface area contributed by atoms with Crippen LogP contribution in [0.1, 0.15) is 12.5 Å². The molecule has 1 saturated heterocycles. The van der Waals surface area contributed by atoms with E-state index in [-0.39, 0.29) is 12.4 Å². The number of nitrogens with one attached hydrogen (secondary N) is 1. The minimum atomic E-state index is 0. The average molecular weight is 254 g/mol. The first-order valence-corrected chi connectivity index (χ1v) is 5.82. The lowest BCUT2D eigenvalue weighted by Crippen LogP contribution is -2.29. The molecule has 1 aromatic carbocycles. The van der Waals surface area contributed by atoms with Gasteiger partial charge < -0.3 is 11.1 Å². The Morgan fingerprint density at radius 1 is 1.35 bits per heavy atom. The molecule has 0 aromatic heterocycles. The lowest BCUT2D eigenvalue weighted by molar-refractivity contribution is 0.565. The molecule has 0 aliphatic carbocycles. The fraction of sp³-hybridized carbons (Fsp3) is 0.462. The van der Waals surface area contributed by atoms with Crippen LogP contribution < -0.4 is 11.1 Å². The summed E-state index contributed by atoms with van der Waals surface area (Å²) >= 11 is 0. The lowest BCUT2D eigenvalue weighted by Gasteiger charge is -2.13. The third-order valence-electron chi connectivity index (χ3n) is 3.18. The molecule has 2 rings (SSSR count). The molecule has 0 saturated carbocycles. The molecule has 3 N–H and O–H groups in total. The minimum Gasteiger partial charge on any atom is -0.387 e. The molecule has 0 amide bonds. The fourth-order valence-electron chi connectivity index (χ4n) is 2.09. The molecular weight excluding hydrogens is 234 g/mol. The number of halogens is 1. The van der Waals surface area contributed by atoms with Crippen molar-refractivity contribution in [2.75, 3.05) is 13.1 Å². The van der Waals surface area contributed by atoms with E-state index in [0.29, 0.717) is 18.4 Å². The van der Waals surface area contributed by atoms with Crippen molar-refractivity contribution in [3.8, 4) is 0 Å². The first-order chi connectivity index (χ1) is 7.77. The molecule has 94 valence electrons. The molecule has 0 bridgehead atoms. The van der Waals surface area contributed by atoms with E-state index in [1.54, 1.807) is 0 Å². The van der Waals surface area contributed by atoms with Gasteiger partial charge in [-0.3, -0.25) is 4.99 Å². The van der Waals surface area contributed by atoms with Gasteiger partial charge >= 0.3 is 0 Å². The number of nitrogens with zero attached hydrogens (tertiary/aromatic N) is 1. The number of aliphatic imine (C=N–C) groups is 1. The predicted molar refractivity (Wildman–Crippen MR) is 74.5 cm³/mol. The zero-order valence-electron chi connectivity index (χ0n) is 10.1. The van der Waals surface area contributed by atoms with Gasteiger partial charge in [-0.25, -0.2) is 0 Å². The van der Waals surface area contributed by atoms with E-state index >= 15 is 0 Å². The van der Waals surface area contributed by atoms with Gasteiger partial charge in [-0.15, -0.1) is 12.4 Å². The molecule has 2 atom stereocenters. The van der Waals surface area contributed by atoms with E-state index in [1.807, 2.05) is 18.2 Å². The van der Waals surface area contributed by atoms with E-state index in [9.17, 15) is 0 Å². The maximum atomic E-state index is 6.03. The minimum absolute atomic E-state index is 0. The van der Waals surface area contributed by atoms with Crippen molar-refractivity contribution in [3.05, 3.63) is 35.9 Å². The standard InChI is InChI=1S/C13H19N3.ClH/c1-10-7-15-9-12(10)13(14)16-8-11-5-3-2-4-6-11;/h2-6,10,12,15H,7-9H2,1H3,(H2,14,16);1H/t10-,12-;/m1./s1. The SMILES string of the molecule is C[C@@H]1CNC[C@H]1C(N)=NCc1ccccc1.Cl. The van der Waals surface area contributed by atoms with Crippen LogP contribution in [-0.4, -0.2) is 18.9 Å². The number of hydrogen-bond donors (Lipinski definition) is 2. The lowest BCUT2D eigenvalue weighted by atomic mass is 9.97. The van der Waals surface area contributed by atoms with Crippen LogP contribution in [0.2, 0.25) is 0 Å². The normalized spacial score (nSPS) is 24.4. The van der Waals surface area contributed by atoms with E-state index in [4.69, 9.17) is 5.73 Å². The topological polar surface area (TPSA) is 50.4 Å². The Kier molecular flexibility index (Phi) is 5.45. The van der Waals surface area contributed by atoms with Crippen molar-refractivity contribution in [2.45, 2.75) is 13.5 Å². The highest BCUT2D eigenvalue weighted by atomic mass is 35.5. The van der Waals surface area contributed by atoms with E-state index in [0.717, 1.165) is 18.9 Å². The first-order valence-electron chi connectivity index (χ1n) is 5.82. The third kappa shape index (κ3) is 3.72. The molecule has 0 spiro atoms. The van der Waals surface area contributed by atoms with Crippen molar-refractivity contribution < 1.29 is 0 Å². The number of nitrogens with two attached hydrogens (primary N) is 1. The van der Waals surface area contributed by atoms with Crippen LogP contribution >= 0.6 is 12.4 Å². The number of benzene rings is 1. The summed E-state index contributed by atoms with van der Waals surface area (Å²) in [4.78, 5) is 4.48. The first kappa shape index (κ1) is 14.0. The summed E-state index contributed by atoms with van der Waals surface area (Å²) < 4.78 is 0.